The summed E-state index contributed by atoms with van der Waals surface area (Å²) in [7, 11) is 3.23. The highest BCUT2D eigenvalue weighted by molar-refractivity contribution is 6.06. The van der Waals surface area contributed by atoms with Gasteiger partial charge in [-0.15, -0.1) is 0 Å². The Kier molecular flexibility index (Phi) is 5.20. The van der Waals surface area contributed by atoms with Crippen LogP contribution in [-0.2, 0) is 4.79 Å². The summed E-state index contributed by atoms with van der Waals surface area (Å²) in [6.45, 7) is 1.78. The average molecular weight is 297 g/mol. The summed E-state index contributed by atoms with van der Waals surface area (Å²) >= 11 is 0. The molecule has 4 heteroatoms. The topological polar surface area (TPSA) is 47.6 Å². The minimum Gasteiger partial charge on any atom is -0.497 e. The molecule has 0 saturated heterocycles. The maximum atomic E-state index is 12.2. The number of hydrogen-bond donors (Lipinski definition) is 1. The van der Waals surface area contributed by atoms with Gasteiger partial charge in [0.1, 0.15) is 11.5 Å². The minimum atomic E-state index is -0.138. The number of amides is 1. The first-order valence-corrected chi connectivity index (χ1v) is 6.90. The van der Waals surface area contributed by atoms with Crippen LogP contribution in [0.4, 0.5) is 5.69 Å². The maximum absolute atomic E-state index is 12.2. The van der Waals surface area contributed by atoms with E-state index in [0.717, 1.165) is 22.7 Å². The van der Waals surface area contributed by atoms with E-state index in [1.807, 2.05) is 30.3 Å². The van der Waals surface area contributed by atoms with Gasteiger partial charge < -0.3 is 14.8 Å². The van der Waals surface area contributed by atoms with Crippen LogP contribution >= 0.6 is 0 Å². The predicted octanol–water partition coefficient (Wildman–Crippen LogP) is 3.75. The molecule has 4 nitrogen and oxygen atoms in total. The number of ether oxygens (including phenoxy) is 2. The largest absolute Gasteiger partial charge is 0.497 e. The molecule has 0 aromatic heterocycles. The summed E-state index contributed by atoms with van der Waals surface area (Å²) in [4.78, 5) is 12.2. The van der Waals surface area contributed by atoms with Gasteiger partial charge in [-0.2, -0.15) is 0 Å². The molecule has 1 amide bonds. The van der Waals surface area contributed by atoms with E-state index in [4.69, 9.17) is 9.47 Å². The van der Waals surface area contributed by atoms with Crippen molar-refractivity contribution >= 4 is 17.7 Å². The Morgan fingerprint density at radius 1 is 0.909 bits per heavy atom. The van der Waals surface area contributed by atoms with Crippen molar-refractivity contribution in [2.45, 2.75) is 6.92 Å². The molecule has 0 aliphatic carbocycles. The zero-order valence-electron chi connectivity index (χ0n) is 12.9. The minimum absolute atomic E-state index is 0.138. The lowest BCUT2D eigenvalue weighted by atomic mass is 10.1. The van der Waals surface area contributed by atoms with Gasteiger partial charge in [0.05, 0.1) is 14.2 Å². The Bertz CT molecular complexity index is 658. The van der Waals surface area contributed by atoms with Crippen molar-refractivity contribution < 1.29 is 14.3 Å². The van der Waals surface area contributed by atoms with Gasteiger partial charge in [0, 0.05) is 11.3 Å². The third-order valence-corrected chi connectivity index (χ3v) is 3.21. The quantitative estimate of drug-likeness (QED) is 0.855. The smallest absolute Gasteiger partial charge is 0.251 e. The van der Waals surface area contributed by atoms with Crippen LogP contribution in [0, 0.1) is 0 Å². The molecule has 2 rings (SSSR count). The Labute approximate surface area is 130 Å². The molecule has 114 valence electrons. The number of anilines is 1. The monoisotopic (exact) mass is 297 g/mol. The Balaban J connectivity index is 2.04. The molecule has 0 spiro atoms. The van der Waals surface area contributed by atoms with E-state index in [1.54, 1.807) is 45.4 Å². The van der Waals surface area contributed by atoms with Crippen molar-refractivity contribution in [3.63, 3.8) is 0 Å². The highest BCUT2D eigenvalue weighted by Crippen LogP contribution is 2.17. The van der Waals surface area contributed by atoms with Crippen molar-refractivity contribution in [1.82, 2.24) is 0 Å². The molecule has 0 unspecified atom stereocenters. The Morgan fingerprint density at radius 3 is 1.91 bits per heavy atom. The molecule has 22 heavy (non-hydrogen) atoms. The van der Waals surface area contributed by atoms with Crippen LogP contribution in [-0.4, -0.2) is 20.1 Å². The molecule has 0 fully saturated rings. The zero-order valence-corrected chi connectivity index (χ0v) is 12.9. The van der Waals surface area contributed by atoms with Gasteiger partial charge in [-0.1, -0.05) is 12.1 Å². The van der Waals surface area contributed by atoms with Gasteiger partial charge in [-0.25, -0.2) is 0 Å². The second kappa shape index (κ2) is 7.31. The summed E-state index contributed by atoms with van der Waals surface area (Å²) in [6.07, 6.45) is 1.83. The maximum Gasteiger partial charge on any atom is 0.251 e. The standard InChI is InChI=1S/C18H19NO3/c1-13(12-14-4-8-16(21-2)9-5-14)18(20)19-15-6-10-17(22-3)11-7-15/h4-12H,1-3H3,(H,19,20)/b13-12+. The van der Waals surface area contributed by atoms with Crippen molar-refractivity contribution in [2.24, 2.45) is 0 Å². The van der Waals surface area contributed by atoms with Crippen LogP contribution in [0.3, 0.4) is 0 Å². The molecule has 0 aliphatic heterocycles. The van der Waals surface area contributed by atoms with Gasteiger partial charge in [0.25, 0.3) is 5.91 Å². The van der Waals surface area contributed by atoms with Crippen molar-refractivity contribution in [2.75, 3.05) is 19.5 Å². The van der Waals surface area contributed by atoms with E-state index in [0.29, 0.717) is 5.57 Å². The summed E-state index contributed by atoms with van der Waals surface area (Å²) in [5.41, 5.74) is 2.30. The molecular weight excluding hydrogens is 278 g/mol. The third kappa shape index (κ3) is 4.12. The van der Waals surface area contributed by atoms with E-state index in [-0.39, 0.29) is 5.91 Å². The van der Waals surface area contributed by atoms with Crippen molar-refractivity contribution in [3.05, 3.63) is 59.7 Å². The lowest BCUT2D eigenvalue weighted by molar-refractivity contribution is -0.112. The number of rotatable bonds is 5. The Hall–Kier alpha value is -2.75. The zero-order chi connectivity index (χ0) is 15.9. The SMILES string of the molecule is COc1ccc(/C=C(\C)C(=O)Nc2ccc(OC)cc2)cc1. The molecule has 0 heterocycles. The van der Waals surface area contributed by atoms with Crippen LogP contribution in [0.2, 0.25) is 0 Å². The normalized spacial score (nSPS) is 11.0. The first-order valence-electron chi connectivity index (χ1n) is 6.90. The molecule has 0 bridgehead atoms. The molecule has 0 saturated carbocycles. The summed E-state index contributed by atoms with van der Waals surface area (Å²) < 4.78 is 10.2. The van der Waals surface area contributed by atoms with Crippen molar-refractivity contribution in [3.8, 4) is 11.5 Å². The van der Waals surface area contributed by atoms with E-state index >= 15 is 0 Å². The van der Waals surface area contributed by atoms with Gasteiger partial charge >= 0.3 is 0 Å². The van der Waals surface area contributed by atoms with Gasteiger partial charge in [-0.05, 0) is 55.0 Å². The predicted molar refractivity (Wildman–Crippen MR) is 88.3 cm³/mol. The highest BCUT2D eigenvalue weighted by Gasteiger charge is 2.05. The third-order valence-electron chi connectivity index (χ3n) is 3.21. The van der Waals surface area contributed by atoms with Gasteiger partial charge in [0.2, 0.25) is 0 Å². The van der Waals surface area contributed by atoms with E-state index in [9.17, 15) is 4.79 Å². The molecule has 0 aliphatic rings. The lowest BCUT2D eigenvalue weighted by Gasteiger charge is -2.07. The Morgan fingerprint density at radius 2 is 1.41 bits per heavy atom. The number of nitrogens with one attached hydrogen (secondary N) is 1. The number of hydrogen-bond acceptors (Lipinski definition) is 3. The highest BCUT2D eigenvalue weighted by atomic mass is 16.5. The van der Waals surface area contributed by atoms with Gasteiger partial charge in [-0.3, -0.25) is 4.79 Å². The molecule has 0 radical (unpaired) electrons. The van der Waals surface area contributed by atoms with Gasteiger partial charge in [0.15, 0.2) is 0 Å². The molecule has 1 N–H and O–H groups in total. The summed E-state index contributed by atoms with van der Waals surface area (Å²) in [5.74, 6) is 1.40. The number of carbonyl (C=O) groups excluding carboxylic acids is 1. The first kappa shape index (κ1) is 15.6. The number of benzene rings is 2. The molecule has 0 atom stereocenters. The second-order valence-corrected chi connectivity index (χ2v) is 4.78. The fourth-order valence-electron chi connectivity index (χ4n) is 1.92. The van der Waals surface area contributed by atoms with Crippen LogP contribution in [0.25, 0.3) is 6.08 Å². The summed E-state index contributed by atoms with van der Waals surface area (Å²) in [6, 6.07) is 14.7. The van der Waals surface area contributed by atoms with Crippen LogP contribution in [0.15, 0.2) is 54.1 Å². The first-order chi connectivity index (χ1) is 10.6. The van der Waals surface area contributed by atoms with Crippen LogP contribution in [0.1, 0.15) is 12.5 Å². The number of methoxy groups -OCH3 is 2. The van der Waals surface area contributed by atoms with Crippen molar-refractivity contribution in [1.29, 1.82) is 0 Å². The van der Waals surface area contributed by atoms with E-state index in [1.165, 1.54) is 0 Å². The van der Waals surface area contributed by atoms with E-state index in [2.05, 4.69) is 5.32 Å². The van der Waals surface area contributed by atoms with Crippen LogP contribution < -0.4 is 14.8 Å². The fraction of sp³-hybridized carbons (Fsp3) is 0.167. The number of carbonyl (C=O) groups is 1. The molecular formula is C18H19NO3. The second-order valence-electron chi connectivity index (χ2n) is 4.78. The van der Waals surface area contributed by atoms with Crippen LogP contribution in [0.5, 0.6) is 11.5 Å². The lowest BCUT2D eigenvalue weighted by Crippen LogP contribution is -2.12. The average Bonchev–Trinajstić information content (AvgIpc) is 2.56. The molecule has 2 aromatic rings. The summed E-state index contributed by atoms with van der Waals surface area (Å²) in [5, 5.41) is 2.85. The fourth-order valence-corrected chi connectivity index (χ4v) is 1.92. The van der Waals surface area contributed by atoms with E-state index < -0.39 is 0 Å². The molecule has 2 aromatic carbocycles.